The highest BCUT2D eigenvalue weighted by Gasteiger charge is 2.13. The molecular formula is C18H13N3O2. The molecule has 0 unspecified atom stereocenters. The van der Waals surface area contributed by atoms with Crippen molar-refractivity contribution in [2.45, 2.75) is 0 Å². The third-order valence-electron chi connectivity index (χ3n) is 3.86. The van der Waals surface area contributed by atoms with Crippen LogP contribution < -0.4 is 10.3 Å². The summed E-state index contributed by atoms with van der Waals surface area (Å²) in [4.78, 5) is 23.5. The van der Waals surface area contributed by atoms with Crippen LogP contribution in [0.15, 0.2) is 59.5 Å². The van der Waals surface area contributed by atoms with Gasteiger partial charge >= 0.3 is 0 Å². The maximum atomic E-state index is 12.5. The molecule has 0 fully saturated rings. The highest BCUT2D eigenvalue weighted by Crippen LogP contribution is 2.31. The number of ether oxygens (including phenoxy) is 1. The Morgan fingerprint density at radius 2 is 1.83 bits per heavy atom. The quantitative estimate of drug-likeness (QED) is 0.617. The zero-order valence-electron chi connectivity index (χ0n) is 12.4. The summed E-state index contributed by atoms with van der Waals surface area (Å²) in [5.41, 5.74) is 1.90. The van der Waals surface area contributed by atoms with Gasteiger partial charge in [0.05, 0.1) is 12.5 Å². The lowest BCUT2D eigenvalue weighted by atomic mass is 9.97. The lowest BCUT2D eigenvalue weighted by Crippen LogP contribution is -2.11. The van der Waals surface area contributed by atoms with Crippen LogP contribution in [-0.2, 0) is 0 Å². The number of aromatic amines is 1. The third-order valence-corrected chi connectivity index (χ3v) is 3.86. The molecule has 5 nitrogen and oxygen atoms in total. The molecule has 0 spiro atoms. The van der Waals surface area contributed by atoms with Crippen molar-refractivity contribution in [2.75, 3.05) is 7.11 Å². The number of pyridine rings is 1. The Bertz CT molecular complexity index is 1080. The van der Waals surface area contributed by atoms with E-state index in [9.17, 15) is 4.79 Å². The fourth-order valence-corrected chi connectivity index (χ4v) is 2.82. The van der Waals surface area contributed by atoms with Gasteiger partial charge in [-0.2, -0.15) is 4.98 Å². The first-order chi connectivity index (χ1) is 11.3. The maximum Gasteiger partial charge on any atom is 0.298 e. The number of hydrogen-bond donors (Lipinski definition) is 1. The van der Waals surface area contributed by atoms with E-state index in [0.717, 1.165) is 21.9 Å². The molecule has 0 aliphatic rings. The number of H-pyrrole nitrogens is 1. The van der Waals surface area contributed by atoms with Crippen molar-refractivity contribution in [2.24, 2.45) is 0 Å². The molecule has 2 aromatic heterocycles. The van der Waals surface area contributed by atoms with Crippen molar-refractivity contribution in [3.8, 4) is 17.1 Å². The topological polar surface area (TPSA) is 67.9 Å². The Morgan fingerprint density at radius 3 is 2.70 bits per heavy atom. The predicted molar refractivity (Wildman–Crippen MR) is 89.7 cm³/mol. The molecule has 0 atom stereocenters. The standard InChI is InChI=1S/C18H13N3O2/c1-23-18-20-16-15(17(22)21-18)14(9-10-19-16)13-8-4-6-11-5-2-3-7-12(11)13/h2-10H,1H3,(H,19,20,21,22). The molecule has 1 N–H and O–H groups in total. The zero-order chi connectivity index (χ0) is 15.8. The highest BCUT2D eigenvalue weighted by atomic mass is 16.5. The second kappa shape index (κ2) is 5.21. The molecule has 0 saturated heterocycles. The van der Waals surface area contributed by atoms with Crippen LogP contribution in [0.5, 0.6) is 6.01 Å². The fraction of sp³-hybridized carbons (Fsp3) is 0.0556. The third kappa shape index (κ3) is 2.14. The first kappa shape index (κ1) is 13.5. The number of rotatable bonds is 2. The summed E-state index contributed by atoms with van der Waals surface area (Å²) in [6.07, 6.45) is 1.66. The van der Waals surface area contributed by atoms with E-state index < -0.39 is 0 Å². The first-order valence-electron chi connectivity index (χ1n) is 7.19. The molecule has 5 heteroatoms. The minimum absolute atomic E-state index is 0.157. The summed E-state index contributed by atoms with van der Waals surface area (Å²) in [7, 11) is 1.46. The Labute approximate surface area is 131 Å². The van der Waals surface area contributed by atoms with Gasteiger partial charge in [0.25, 0.3) is 11.6 Å². The van der Waals surface area contributed by atoms with E-state index in [2.05, 4.69) is 15.0 Å². The molecule has 4 rings (SSSR count). The van der Waals surface area contributed by atoms with E-state index in [1.165, 1.54) is 7.11 Å². The van der Waals surface area contributed by atoms with E-state index in [1.807, 2.05) is 48.5 Å². The van der Waals surface area contributed by atoms with E-state index in [4.69, 9.17) is 4.74 Å². The molecule has 112 valence electrons. The van der Waals surface area contributed by atoms with Crippen LogP contribution in [-0.4, -0.2) is 22.1 Å². The van der Waals surface area contributed by atoms with E-state index in [-0.39, 0.29) is 11.6 Å². The lowest BCUT2D eigenvalue weighted by molar-refractivity contribution is 0.380. The van der Waals surface area contributed by atoms with E-state index in [1.54, 1.807) is 6.20 Å². The molecule has 0 aliphatic carbocycles. The van der Waals surface area contributed by atoms with Crippen molar-refractivity contribution in [3.63, 3.8) is 0 Å². The monoisotopic (exact) mass is 303 g/mol. The Morgan fingerprint density at radius 1 is 1.00 bits per heavy atom. The number of fused-ring (bicyclic) bond motifs is 2. The fourth-order valence-electron chi connectivity index (χ4n) is 2.82. The summed E-state index contributed by atoms with van der Waals surface area (Å²) >= 11 is 0. The summed E-state index contributed by atoms with van der Waals surface area (Å²) in [5, 5.41) is 2.66. The molecule has 4 aromatic rings. The number of benzene rings is 2. The van der Waals surface area contributed by atoms with Gasteiger partial charge < -0.3 is 4.74 Å². The van der Waals surface area contributed by atoms with E-state index >= 15 is 0 Å². The lowest BCUT2D eigenvalue weighted by Gasteiger charge is -2.09. The van der Waals surface area contributed by atoms with Crippen LogP contribution >= 0.6 is 0 Å². The average molecular weight is 303 g/mol. The number of nitrogens with zero attached hydrogens (tertiary/aromatic N) is 2. The summed E-state index contributed by atoms with van der Waals surface area (Å²) < 4.78 is 5.01. The van der Waals surface area contributed by atoms with Gasteiger partial charge in [0.15, 0.2) is 5.65 Å². The second-order valence-corrected chi connectivity index (χ2v) is 5.16. The van der Waals surface area contributed by atoms with Crippen LogP contribution in [0.3, 0.4) is 0 Å². The van der Waals surface area contributed by atoms with Gasteiger partial charge in [-0.05, 0) is 22.4 Å². The van der Waals surface area contributed by atoms with Crippen LogP contribution in [0, 0.1) is 0 Å². The van der Waals surface area contributed by atoms with Crippen LogP contribution in [0.25, 0.3) is 32.9 Å². The van der Waals surface area contributed by atoms with Crippen LogP contribution in [0.1, 0.15) is 0 Å². The Kier molecular flexibility index (Phi) is 3.05. The largest absolute Gasteiger partial charge is 0.468 e. The number of aromatic nitrogens is 3. The molecule has 0 bridgehead atoms. The average Bonchev–Trinajstić information content (AvgIpc) is 2.60. The van der Waals surface area contributed by atoms with Gasteiger partial charge in [-0.1, -0.05) is 42.5 Å². The maximum absolute atomic E-state index is 12.5. The molecule has 0 amide bonds. The van der Waals surface area contributed by atoms with Gasteiger partial charge in [-0.3, -0.25) is 9.78 Å². The molecule has 0 radical (unpaired) electrons. The molecule has 0 saturated carbocycles. The van der Waals surface area contributed by atoms with Crippen molar-refractivity contribution in [3.05, 3.63) is 65.1 Å². The van der Waals surface area contributed by atoms with E-state index in [0.29, 0.717) is 11.0 Å². The minimum Gasteiger partial charge on any atom is -0.468 e. The predicted octanol–water partition coefficient (Wildman–Crippen LogP) is 3.15. The van der Waals surface area contributed by atoms with Gasteiger partial charge in [0.2, 0.25) is 0 Å². The number of nitrogens with one attached hydrogen (secondary N) is 1. The summed E-state index contributed by atoms with van der Waals surface area (Å²) in [6, 6.07) is 16.1. The second-order valence-electron chi connectivity index (χ2n) is 5.16. The SMILES string of the molecule is COc1nc2nccc(-c3cccc4ccccc34)c2c(=O)[nH]1. The van der Waals surface area contributed by atoms with Gasteiger partial charge in [-0.15, -0.1) is 0 Å². The molecule has 2 aromatic carbocycles. The van der Waals surface area contributed by atoms with Crippen molar-refractivity contribution in [1.29, 1.82) is 0 Å². The van der Waals surface area contributed by atoms with Crippen LogP contribution in [0.4, 0.5) is 0 Å². The highest BCUT2D eigenvalue weighted by molar-refractivity contribution is 6.03. The van der Waals surface area contributed by atoms with Gasteiger partial charge in [-0.25, -0.2) is 4.98 Å². The molecule has 23 heavy (non-hydrogen) atoms. The molecule has 0 aliphatic heterocycles. The van der Waals surface area contributed by atoms with Crippen LogP contribution in [0.2, 0.25) is 0 Å². The van der Waals surface area contributed by atoms with Crippen molar-refractivity contribution >= 4 is 21.8 Å². The molecule has 2 heterocycles. The Hall–Kier alpha value is -3.21. The first-order valence-corrected chi connectivity index (χ1v) is 7.19. The normalized spacial score (nSPS) is 11.0. The number of hydrogen-bond acceptors (Lipinski definition) is 4. The van der Waals surface area contributed by atoms with Crippen molar-refractivity contribution < 1.29 is 4.74 Å². The smallest absolute Gasteiger partial charge is 0.298 e. The number of methoxy groups -OCH3 is 1. The minimum atomic E-state index is -0.261. The zero-order valence-corrected chi connectivity index (χ0v) is 12.4. The summed E-state index contributed by atoms with van der Waals surface area (Å²) in [6.45, 7) is 0. The molecular weight excluding hydrogens is 290 g/mol. The van der Waals surface area contributed by atoms with Crippen molar-refractivity contribution in [1.82, 2.24) is 15.0 Å². The Balaban J connectivity index is 2.11. The van der Waals surface area contributed by atoms with Gasteiger partial charge in [0.1, 0.15) is 0 Å². The van der Waals surface area contributed by atoms with Gasteiger partial charge in [0, 0.05) is 11.8 Å². The summed E-state index contributed by atoms with van der Waals surface area (Å²) in [5.74, 6) is 0.